The molecule has 1 atom stereocenters. The molecule has 1 aromatic rings. The van der Waals surface area contributed by atoms with Crippen LogP contribution in [0.3, 0.4) is 0 Å². The fraction of sp³-hybridized carbons (Fsp3) is 0.692. The van der Waals surface area contributed by atoms with Crippen molar-refractivity contribution in [2.45, 2.75) is 45.8 Å². The minimum Gasteiger partial charge on any atom is -0.468 e. The standard InChI is InChI=1S/C13H22N2O/c1-3-14-8-12-7-13(16-10-12)9-15-6-4-5-11(15)2/h7,10-11,14H,3-6,8-9H2,1-2H3. The summed E-state index contributed by atoms with van der Waals surface area (Å²) in [5.41, 5.74) is 1.25. The summed E-state index contributed by atoms with van der Waals surface area (Å²) in [6, 6.07) is 2.88. The topological polar surface area (TPSA) is 28.4 Å². The Bertz CT molecular complexity index is 321. The maximum atomic E-state index is 5.59. The number of nitrogens with zero attached hydrogens (tertiary/aromatic N) is 1. The van der Waals surface area contributed by atoms with E-state index < -0.39 is 0 Å². The average Bonchev–Trinajstić information content (AvgIpc) is 2.87. The molecule has 2 heterocycles. The van der Waals surface area contributed by atoms with Crippen molar-refractivity contribution in [1.29, 1.82) is 0 Å². The first-order chi connectivity index (χ1) is 7.79. The SMILES string of the molecule is CCNCc1coc(CN2CCCC2C)c1. The first-order valence-electron chi connectivity index (χ1n) is 6.30. The van der Waals surface area contributed by atoms with E-state index in [1.807, 2.05) is 6.26 Å². The highest BCUT2D eigenvalue weighted by Crippen LogP contribution is 2.20. The molecule has 1 N–H and O–H groups in total. The summed E-state index contributed by atoms with van der Waals surface area (Å²) >= 11 is 0. The van der Waals surface area contributed by atoms with Gasteiger partial charge in [-0.2, -0.15) is 0 Å². The number of hydrogen-bond donors (Lipinski definition) is 1. The Kier molecular flexibility index (Phi) is 4.02. The van der Waals surface area contributed by atoms with Gasteiger partial charge in [0.15, 0.2) is 0 Å². The molecule has 0 saturated carbocycles. The number of rotatable bonds is 5. The van der Waals surface area contributed by atoms with Gasteiger partial charge in [0, 0.05) is 18.2 Å². The van der Waals surface area contributed by atoms with Crippen LogP contribution in [0, 0.1) is 0 Å². The van der Waals surface area contributed by atoms with Crippen molar-refractivity contribution in [3.05, 3.63) is 23.7 Å². The molecule has 0 aromatic carbocycles. The lowest BCUT2D eigenvalue weighted by atomic mass is 10.2. The van der Waals surface area contributed by atoms with Crippen LogP contribution in [0.2, 0.25) is 0 Å². The molecule has 0 amide bonds. The van der Waals surface area contributed by atoms with Crippen LogP contribution < -0.4 is 5.32 Å². The van der Waals surface area contributed by atoms with E-state index in [-0.39, 0.29) is 0 Å². The van der Waals surface area contributed by atoms with Crippen LogP contribution in [-0.2, 0) is 13.1 Å². The molecule has 1 aliphatic rings. The zero-order valence-electron chi connectivity index (χ0n) is 10.3. The molecule has 0 bridgehead atoms. The Balaban J connectivity index is 1.87. The minimum atomic E-state index is 0.710. The highest BCUT2D eigenvalue weighted by atomic mass is 16.3. The Morgan fingerprint density at radius 2 is 2.44 bits per heavy atom. The van der Waals surface area contributed by atoms with Crippen molar-refractivity contribution in [3.63, 3.8) is 0 Å². The van der Waals surface area contributed by atoms with Gasteiger partial charge < -0.3 is 9.73 Å². The molecular formula is C13H22N2O. The predicted octanol–water partition coefficient (Wildman–Crippen LogP) is 2.37. The van der Waals surface area contributed by atoms with Gasteiger partial charge in [-0.15, -0.1) is 0 Å². The third-order valence-electron chi connectivity index (χ3n) is 3.34. The van der Waals surface area contributed by atoms with Crippen LogP contribution in [0.25, 0.3) is 0 Å². The predicted molar refractivity (Wildman–Crippen MR) is 65.2 cm³/mol. The maximum Gasteiger partial charge on any atom is 0.118 e. The molecule has 1 aliphatic heterocycles. The molecular weight excluding hydrogens is 200 g/mol. The summed E-state index contributed by atoms with van der Waals surface area (Å²) in [5, 5.41) is 3.31. The summed E-state index contributed by atoms with van der Waals surface area (Å²) in [4.78, 5) is 2.50. The lowest BCUT2D eigenvalue weighted by molar-refractivity contribution is 0.238. The number of hydrogen-bond acceptors (Lipinski definition) is 3. The second-order valence-electron chi connectivity index (χ2n) is 4.66. The molecule has 0 radical (unpaired) electrons. The van der Waals surface area contributed by atoms with Gasteiger partial charge in [0.2, 0.25) is 0 Å². The Morgan fingerprint density at radius 3 is 3.12 bits per heavy atom. The van der Waals surface area contributed by atoms with Crippen LogP contribution in [0.4, 0.5) is 0 Å². The minimum absolute atomic E-state index is 0.710. The van der Waals surface area contributed by atoms with Crippen molar-refractivity contribution in [2.24, 2.45) is 0 Å². The largest absolute Gasteiger partial charge is 0.468 e. The first kappa shape index (κ1) is 11.7. The maximum absolute atomic E-state index is 5.59. The number of furan rings is 1. The third-order valence-corrected chi connectivity index (χ3v) is 3.34. The van der Waals surface area contributed by atoms with Gasteiger partial charge in [0.1, 0.15) is 5.76 Å². The van der Waals surface area contributed by atoms with Crippen molar-refractivity contribution in [1.82, 2.24) is 10.2 Å². The molecule has 3 nitrogen and oxygen atoms in total. The highest BCUT2D eigenvalue weighted by molar-refractivity contribution is 5.12. The van der Waals surface area contributed by atoms with Gasteiger partial charge in [-0.05, 0) is 38.9 Å². The van der Waals surface area contributed by atoms with Gasteiger partial charge in [-0.3, -0.25) is 4.90 Å². The Morgan fingerprint density at radius 1 is 1.56 bits per heavy atom. The van der Waals surface area contributed by atoms with Crippen LogP contribution in [-0.4, -0.2) is 24.0 Å². The van der Waals surface area contributed by atoms with Gasteiger partial charge in [0.25, 0.3) is 0 Å². The zero-order chi connectivity index (χ0) is 11.4. The zero-order valence-corrected chi connectivity index (χ0v) is 10.3. The summed E-state index contributed by atoms with van der Waals surface area (Å²) in [5.74, 6) is 1.10. The van der Waals surface area contributed by atoms with E-state index in [1.54, 1.807) is 0 Å². The van der Waals surface area contributed by atoms with Gasteiger partial charge in [0.05, 0.1) is 12.8 Å². The average molecular weight is 222 g/mol. The van der Waals surface area contributed by atoms with E-state index in [9.17, 15) is 0 Å². The Labute approximate surface area is 97.8 Å². The fourth-order valence-electron chi connectivity index (χ4n) is 2.30. The van der Waals surface area contributed by atoms with Crippen molar-refractivity contribution in [2.75, 3.05) is 13.1 Å². The molecule has 0 spiro atoms. The van der Waals surface area contributed by atoms with E-state index >= 15 is 0 Å². The summed E-state index contributed by atoms with van der Waals surface area (Å²) in [6.45, 7) is 8.51. The molecule has 1 unspecified atom stereocenters. The Hall–Kier alpha value is -0.800. The van der Waals surface area contributed by atoms with E-state index in [0.717, 1.165) is 25.4 Å². The second-order valence-corrected chi connectivity index (χ2v) is 4.66. The lowest BCUT2D eigenvalue weighted by Gasteiger charge is -2.18. The van der Waals surface area contributed by atoms with Crippen LogP contribution in [0.15, 0.2) is 16.7 Å². The molecule has 1 saturated heterocycles. The fourth-order valence-corrected chi connectivity index (χ4v) is 2.30. The highest BCUT2D eigenvalue weighted by Gasteiger charge is 2.21. The molecule has 0 aliphatic carbocycles. The van der Waals surface area contributed by atoms with Crippen LogP contribution in [0.1, 0.15) is 38.0 Å². The monoisotopic (exact) mass is 222 g/mol. The molecule has 2 rings (SSSR count). The van der Waals surface area contributed by atoms with Crippen molar-refractivity contribution in [3.8, 4) is 0 Å². The van der Waals surface area contributed by atoms with Gasteiger partial charge >= 0.3 is 0 Å². The van der Waals surface area contributed by atoms with E-state index in [1.165, 1.54) is 24.9 Å². The molecule has 1 fully saturated rings. The third kappa shape index (κ3) is 2.86. The first-order valence-corrected chi connectivity index (χ1v) is 6.30. The van der Waals surface area contributed by atoms with Crippen molar-refractivity contribution >= 4 is 0 Å². The summed E-state index contributed by atoms with van der Waals surface area (Å²) in [6.07, 6.45) is 4.52. The van der Waals surface area contributed by atoms with Crippen LogP contribution >= 0.6 is 0 Å². The second kappa shape index (κ2) is 5.51. The lowest BCUT2D eigenvalue weighted by Crippen LogP contribution is -2.25. The smallest absolute Gasteiger partial charge is 0.118 e. The summed E-state index contributed by atoms with van der Waals surface area (Å²) in [7, 11) is 0. The van der Waals surface area contributed by atoms with Gasteiger partial charge in [-0.1, -0.05) is 6.92 Å². The molecule has 1 aromatic heterocycles. The van der Waals surface area contributed by atoms with Crippen molar-refractivity contribution < 1.29 is 4.42 Å². The van der Waals surface area contributed by atoms with Gasteiger partial charge in [-0.25, -0.2) is 0 Å². The van der Waals surface area contributed by atoms with Crippen LogP contribution in [0.5, 0.6) is 0 Å². The molecule has 16 heavy (non-hydrogen) atoms. The summed E-state index contributed by atoms with van der Waals surface area (Å²) < 4.78 is 5.59. The normalized spacial score (nSPS) is 21.8. The van der Waals surface area contributed by atoms with E-state index in [2.05, 4.69) is 30.1 Å². The molecule has 3 heteroatoms. The number of likely N-dealkylation sites (tertiary alicyclic amines) is 1. The quantitative estimate of drug-likeness (QED) is 0.829. The van der Waals surface area contributed by atoms with E-state index in [4.69, 9.17) is 4.42 Å². The molecule has 90 valence electrons. The number of nitrogens with one attached hydrogen (secondary N) is 1. The van der Waals surface area contributed by atoms with E-state index in [0.29, 0.717) is 6.04 Å².